The van der Waals surface area contributed by atoms with Crippen molar-refractivity contribution in [2.75, 3.05) is 45.2 Å². The van der Waals surface area contributed by atoms with Crippen LogP contribution in [0.5, 0.6) is 0 Å². The molecule has 2 rings (SSSR count). The zero-order valence-electron chi connectivity index (χ0n) is 17.5. The Bertz CT molecular complexity index is 864. The van der Waals surface area contributed by atoms with E-state index in [9.17, 15) is 4.79 Å². The fourth-order valence-electron chi connectivity index (χ4n) is 2.63. The van der Waals surface area contributed by atoms with Crippen molar-refractivity contribution in [3.8, 4) is 0 Å². The number of anilines is 1. The number of hydrogen-bond donors (Lipinski definition) is 1. The third-order valence-corrected chi connectivity index (χ3v) is 5.20. The molecular weight excluding hydrogens is 418 g/mol. The lowest BCUT2D eigenvalue weighted by atomic mass is 10.1. The maximum atomic E-state index is 12.3. The highest BCUT2D eigenvalue weighted by molar-refractivity contribution is 7.98. The standard InChI is InChI=1S/C22H28ClN5OS/c1-5-11-28(12-6-2)20-15-19(23)25-22(26-20)30-16-17-8-7-9-18(14-17)21(29)24-10-13-27(3)4/h5-9,14-15H,1-2,10-13,16H2,3-4H3,(H,24,29). The quantitative estimate of drug-likeness (QED) is 0.231. The number of halogens is 1. The summed E-state index contributed by atoms with van der Waals surface area (Å²) in [6, 6.07) is 9.31. The van der Waals surface area contributed by atoms with Gasteiger partial charge in [-0.1, -0.05) is 47.6 Å². The summed E-state index contributed by atoms with van der Waals surface area (Å²) in [5, 5.41) is 3.90. The first kappa shape index (κ1) is 23.9. The van der Waals surface area contributed by atoms with Crippen LogP contribution in [0.15, 0.2) is 60.8 Å². The van der Waals surface area contributed by atoms with Gasteiger partial charge in [-0.05, 0) is 31.8 Å². The summed E-state index contributed by atoms with van der Waals surface area (Å²) in [4.78, 5) is 25.3. The van der Waals surface area contributed by atoms with E-state index < -0.39 is 0 Å². The second-order valence-electron chi connectivity index (χ2n) is 6.86. The average molecular weight is 446 g/mol. The number of carbonyl (C=O) groups excluding carboxylic acids is 1. The number of aromatic nitrogens is 2. The molecule has 1 heterocycles. The molecule has 0 fully saturated rings. The lowest BCUT2D eigenvalue weighted by Crippen LogP contribution is -2.31. The number of hydrogen-bond acceptors (Lipinski definition) is 6. The maximum Gasteiger partial charge on any atom is 0.251 e. The molecule has 0 radical (unpaired) electrons. The van der Waals surface area contributed by atoms with Crippen LogP contribution in [0, 0.1) is 0 Å². The van der Waals surface area contributed by atoms with Crippen LogP contribution in [-0.4, -0.2) is 61.0 Å². The second kappa shape index (κ2) is 12.4. The maximum absolute atomic E-state index is 12.3. The van der Waals surface area contributed by atoms with Gasteiger partial charge in [0.25, 0.3) is 5.91 Å². The van der Waals surface area contributed by atoms with Crippen molar-refractivity contribution in [3.05, 3.63) is 71.9 Å². The summed E-state index contributed by atoms with van der Waals surface area (Å²) in [6.07, 6.45) is 3.61. The minimum atomic E-state index is -0.0746. The van der Waals surface area contributed by atoms with Crippen molar-refractivity contribution < 1.29 is 4.79 Å². The summed E-state index contributed by atoms with van der Waals surface area (Å²) in [5.74, 6) is 1.28. The van der Waals surface area contributed by atoms with Crippen LogP contribution < -0.4 is 10.2 Å². The molecule has 0 saturated heterocycles. The van der Waals surface area contributed by atoms with Gasteiger partial charge in [0.05, 0.1) is 0 Å². The summed E-state index contributed by atoms with van der Waals surface area (Å²) in [5.41, 5.74) is 1.65. The number of nitrogens with zero attached hydrogens (tertiary/aromatic N) is 4. The first-order valence-electron chi connectivity index (χ1n) is 9.59. The zero-order chi connectivity index (χ0) is 21.9. The smallest absolute Gasteiger partial charge is 0.251 e. The van der Waals surface area contributed by atoms with Crippen LogP contribution in [0.4, 0.5) is 5.82 Å². The van der Waals surface area contributed by atoms with Gasteiger partial charge in [0, 0.05) is 43.6 Å². The van der Waals surface area contributed by atoms with Gasteiger partial charge in [0.1, 0.15) is 11.0 Å². The summed E-state index contributed by atoms with van der Waals surface area (Å²) < 4.78 is 0. The highest BCUT2D eigenvalue weighted by atomic mass is 35.5. The Kier molecular flexibility index (Phi) is 9.86. The summed E-state index contributed by atoms with van der Waals surface area (Å²) >= 11 is 7.69. The number of rotatable bonds is 12. The zero-order valence-corrected chi connectivity index (χ0v) is 19.0. The molecule has 160 valence electrons. The van der Waals surface area contributed by atoms with Crippen molar-refractivity contribution in [1.29, 1.82) is 0 Å². The van der Waals surface area contributed by atoms with Crippen molar-refractivity contribution in [2.45, 2.75) is 10.9 Å². The fourth-order valence-corrected chi connectivity index (χ4v) is 3.65. The number of nitrogens with one attached hydrogen (secondary N) is 1. The van der Waals surface area contributed by atoms with Crippen LogP contribution >= 0.6 is 23.4 Å². The van der Waals surface area contributed by atoms with Gasteiger partial charge in [0.15, 0.2) is 5.16 Å². The molecule has 0 unspecified atom stereocenters. The number of carbonyl (C=O) groups is 1. The van der Waals surface area contributed by atoms with E-state index in [2.05, 4.69) is 28.4 Å². The first-order valence-corrected chi connectivity index (χ1v) is 10.9. The predicted octanol–water partition coefficient (Wildman–Crippen LogP) is 3.89. The van der Waals surface area contributed by atoms with Gasteiger partial charge in [0.2, 0.25) is 0 Å². The molecule has 2 aromatic rings. The Morgan fingerprint density at radius 2 is 1.93 bits per heavy atom. The number of benzene rings is 1. The summed E-state index contributed by atoms with van der Waals surface area (Å²) in [6.45, 7) is 10.2. The minimum absolute atomic E-state index is 0.0746. The molecule has 1 amide bonds. The van der Waals surface area contributed by atoms with Crippen LogP contribution in [0.2, 0.25) is 5.15 Å². The van der Waals surface area contributed by atoms with E-state index in [1.807, 2.05) is 48.2 Å². The SMILES string of the molecule is C=CCN(CC=C)c1cc(Cl)nc(SCc2cccc(C(=O)NCCN(C)C)c2)n1. The number of likely N-dealkylation sites (N-methyl/N-ethyl adjacent to an activating group) is 1. The Morgan fingerprint density at radius 3 is 2.60 bits per heavy atom. The van der Waals surface area contributed by atoms with Crippen LogP contribution in [0.25, 0.3) is 0 Å². The van der Waals surface area contributed by atoms with Gasteiger partial charge in [-0.2, -0.15) is 0 Å². The van der Waals surface area contributed by atoms with Gasteiger partial charge in [-0.25, -0.2) is 9.97 Å². The van der Waals surface area contributed by atoms with Crippen LogP contribution in [0.3, 0.4) is 0 Å². The molecule has 6 nitrogen and oxygen atoms in total. The highest BCUT2D eigenvalue weighted by Crippen LogP contribution is 2.25. The number of thioether (sulfide) groups is 1. The van der Waals surface area contributed by atoms with Gasteiger partial charge in [-0.3, -0.25) is 4.79 Å². The van der Waals surface area contributed by atoms with Crippen molar-refractivity contribution in [2.24, 2.45) is 0 Å². The predicted molar refractivity (Wildman–Crippen MR) is 127 cm³/mol. The molecule has 0 bridgehead atoms. The fraction of sp³-hybridized carbons (Fsp3) is 0.318. The highest BCUT2D eigenvalue weighted by Gasteiger charge is 2.11. The lowest BCUT2D eigenvalue weighted by Gasteiger charge is -2.20. The Labute approximate surface area is 188 Å². The van der Waals surface area contributed by atoms with E-state index in [0.29, 0.717) is 41.3 Å². The van der Waals surface area contributed by atoms with Crippen molar-refractivity contribution in [3.63, 3.8) is 0 Å². The topological polar surface area (TPSA) is 61.4 Å². The van der Waals surface area contributed by atoms with E-state index >= 15 is 0 Å². The van der Waals surface area contributed by atoms with E-state index in [1.165, 1.54) is 11.8 Å². The molecule has 8 heteroatoms. The summed E-state index contributed by atoms with van der Waals surface area (Å²) in [7, 11) is 3.95. The van der Waals surface area contributed by atoms with Crippen LogP contribution in [-0.2, 0) is 5.75 Å². The van der Waals surface area contributed by atoms with Crippen molar-refractivity contribution in [1.82, 2.24) is 20.2 Å². The molecule has 0 aliphatic rings. The monoisotopic (exact) mass is 445 g/mol. The third kappa shape index (κ3) is 7.82. The minimum Gasteiger partial charge on any atom is -0.351 e. The largest absolute Gasteiger partial charge is 0.351 e. The Hall–Kier alpha value is -2.35. The third-order valence-electron chi connectivity index (χ3n) is 4.09. The van der Waals surface area contributed by atoms with Gasteiger partial charge >= 0.3 is 0 Å². The molecular formula is C22H28ClN5OS. The van der Waals surface area contributed by atoms with E-state index in [1.54, 1.807) is 18.2 Å². The first-order chi connectivity index (χ1) is 14.4. The van der Waals surface area contributed by atoms with E-state index in [4.69, 9.17) is 11.6 Å². The molecule has 1 aromatic carbocycles. The Balaban J connectivity index is 2.05. The molecule has 1 aromatic heterocycles. The molecule has 30 heavy (non-hydrogen) atoms. The Morgan fingerprint density at radius 1 is 1.20 bits per heavy atom. The van der Waals surface area contributed by atoms with E-state index in [-0.39, 0.29) is 5.91 Å². The molecule has 1 N–H and O–H groups in total. The molecule has 0 aliphatic carbocycles. The normalized spacial score (nSPS) is 10.7. The molecule has 0 atom stereocenters. The van der Waals surface area contributed by atoms with Crippen LogP contribution in [0.1, 0.15) is 15.9 Å². The van der Waals surface area contributed by atoms with E-state index in [0.717, 1.165) is 17.9 Å². The second-order valence-corrected chi connectivity index (χ2v) is 8.19. The van der Waals surface area contributed by atoms with Gasteiger partial charge < -0.3 is 15.1 Å². The van der Waals surface area contributed by atoms with Crippen molar-refractivity contribution >= 4 is 35.1 Å². The molecule has 0 saturated carbocycles. The molecule has 0 aliphatic heterocycles. The average Bonchev–Trinajstić information content (AvgIpc) is 2.71. The number of amides is 1. The van der Waals surface area contributed by atoms with Gasteiger partial charge in [-0.15, -0.1) is 13.2 Å². The molecule has 0 spiro atoms. The lowest BCUT2D eigenvalue weighted by molar-refractivity contribution is 0.0951.